The first-order valence-electron chi connectivity index (χ1n) is 6.66. The molecule has 1 nitrogen and oxygen atoms in total. The van der Waals surface area contributed by atoms with Gasteiger partial charge in [-0.05, 0) is 36.1 Å². The monoisotopic (exact) mass is 306 g/mol. The minimum absolute atomic E-state index is 0.178. The molecule has 0 aromatic heterocycles. The molecule has 2 rings (SSSR count). The van der Waals surface area contributed by atoms with Crippen LogP contribution in [0.2, 0.25) is 5.02 Å². The lowest BCUT2D eigenvalue weighted by Crippen LogP contribution is -1.98. The molecule has 0 heterocycles. The van der Waals surface area contributed by atoms with Gasteiger partial charge in [-0.2, -0.15) is 0 Å². The van der Waals surface area contributed by atoms with Gasteiger partial charge in [-0.3, -0.25) is 4.79 Å². The fraction of sp³-hybridized carbons (Fsp3) is 0.235. The number of halogens is 2. The molecule has 0 spiro atoms. The second-order valence-corrected chi connectivity index (χ2v) is 5.47. The molecule has 0 amide bonds. The van der Waals surface area contributed by atoms with Gasteiger partial charge in [-0.1, -0.05) is 48.0 Å². The Balaban J connectivity index is 2.06. The molecular weight excluding hydrogens is 291 g/mol. The number of alkyl halides is 1. The van der Waals surface area contributed by atoms with Gasteiger partial charge in [0.05, 0.1) is 0 Å². The van der Waals surface area contributed by atoms with E-state index in [0.29, 0.717) is 12.3 Å². The van der Waals surface area contributed by atoms with E-state index >= 15 is 0 Å². The quantitative estimate of drug-likeness (QED) is 0.386. The number of Topliss-reactive ketones (excluding diaryl/α,β-unsaturated/α-hetero) is 1. The lowest BCUT2D eigenvalue weighted by Gasteiger charge is -2.04. The number of hydrogen-bond acceptors (Lipinski definition) is 1. The Morgan fingerprint density at radius 2 is 1.40 bits per heavy atom. The van der Waals surface area contributed by atoms with E-state index < -0.39 is 0 Å². The van der Waals surface area contributed by atoms with Crippen LogP contribution in [-0.2, 0) is 0 Å². The van der Waals surface area contributed by atoms with Crippen molar-refractivity contribution in [1.29, 1.82) is 0 Å². The highest BCUT2D eigenvalue weighted by molar-refractivity contribution is 6.30. The molecule has 0 saturated carbocycles. The Bertz CT molecular complexity index is 559. The van der Waals surface area contributed by atoms with Crippen LogP contribution >= 0.6 is 23.2 Å². The lowest BCUT2D eigenvalue weighted by molar-refractivity contribution is 0.0980. The summed E-state index contributed by atoms with van der Waals surface area (Å²) in [5.74, 6) is 0.792. The fourth-order valence-electron chi connectivity index (χ4n) is 2.02. The van der Waals surface area contributed by atoms with Crippen molar-refractivity contribution in [3.63, 3.8) is 0 Å². The van der Waals surface area contributed by atoms with Crippen LogP contribution in [0.1, 0.15) is 29.6 Å². The highest BCUT2D eigenvalue weighted by Crippen LogP contribution is 2.22. The summed E-state index contributed by atoms with van der Waals surface area (Å²) < 4.78 is 0. The van der Waals surface area contributed by atoms with E-state index in [4.69, 9.17) is 23.2 Å². The van der Waals surface area contributed by atoms with E-state index in [1.54, 1.807) is 0 Å². The Kier molecular flexibility index (Phi) is 5.63. The van der Waals surface area contributed by atoms with Crippen LogP contribution in [-0.4, -0.2) is 11.7 Å². The van der Waals surface area contributed by atoms with E-state index in [2.05, 4.69) is 0 Å². The predicted molar refractivity (Wildman–Crippen MR) is 85.8 cm³/mol. The average Bonchev–Trinajstić information content (AvgIpc) is 2.48. The summed E-state index contributed by atoms with van der Waals surface area (Å²) in [7, 11) is 0. The summed E-state index contributed by atoms with van der Waals surface area (Å²) in [6.07, 6.45) is 2.30. The Labute approximate surface area is 129 Å². The highest BCUT2D eigenvalue weighted by Gasteiger charge is 2.06. The number of carbonyl (C=O) groups excluding carboxylic acids is 1. The highest BCUT2D eigenvalue weighted by atomic mass is 35.5. The van der Waals surface area contributed by atoms with Crippen molar-refractivity contribution in [2.75, 3.05) is 5.88 Å². The van der Waals surface area contributed by atoms with Gasteiger partial charge in [0, 0.05) is 22.9 Å². The molecule has 0 fully saturated rings. The number of hydrogen-bond donors (Lipinski definition) is 0. The Morgan fingerprint density at radius 1 is 0.850 bits per heavy atom. The molecule has 0 saturated heterocycles. The van der Waals surface area contributed by atoms with Gasteiger partial charge in [0.25, 0.3) is 0 Å². The summed E-state index contributed by atoms with van der Waals surface area (Å²) in [5, 5.41) is 0.722. The maximum Gasteiger partial charge on any atom is 0.162 e. The first-order chi connectivity index (χ1) is 9.70. The lowest BCUT2D eigenvalue weighted by atomic mass is 10.0. The summed E-state index contributed by atoms with van der Waals surface area (Å²) in [4.78, 5) is 12.0. The van der Waals surface area contributed by atoms with E-state index in [9.17, 15) is 4.79 Å². The van der Waals surface area contributed by atoms with E-state index in [-0.39, 0.29) is 5.78 Å². The van der Waals surface area contributed by atoms with Crippen LogP contribution in [0.4, 0.5) is 0 Å². The van der Waals surface area contributed by atoms with Crippen LogP contribution in [0, 0.1) is 0 Å². The zero-order valence-corrected chi connectivity index (χ0v) is 12.6. The minimum atomic E-state index is 0.178. The molecule has 0 aliphatic heterocycles. The molecule has 3 heteroatoms. The zero-order valence-electron chi connectivity index (χ0n) is 11.1. The van der Waals surface area contributed by atoms with E-state index in [0.717, 1.165) is 34.6 Å². The smallest absolute Gasteiger partial charge is 0.162 e. The second-order valence-electron chi connectivity index (χ2n) is 4.65. The summed E-state index contributed by atoms with van der Waals surface area (Å²) in [6.45, 7) is 0. The molecule has 0 bridgehead atoms. The minimum Gasteiger partial charge on any atom is -0.294 e. The number of benzene rings is 2. The van der Waals surface area contributed by atoms with Gasteiger partial charge < -0.3 is 0 Å². The van der Waals surface area contributed by atoms with Gasteiger partial charge >= 0.3 is 0 Å². The average molecular weight is 307 g/mol. The number of carbonyl (C=O) groups is 1. The van der Waals surface area contributed by atoms with Crippen LogP contribution < -0.4 is 0 Å². The maximum absolute atomic E-state index is 12.0. The third-order valence-electron chi connectivity index (χ3n) is 3.17. The number of rotatable bonds is 6. The number of unbranched alkanes of at least 4 members (excludes halogenated alkanes) is 1. The maximum atomic E-state index is 12.0. The van der Waals surface area contributed by atoms with E-state index in [1.165, 1.54) is 0 Å². The molecular formula is C17H16Cl2O. The molecule has 0 N–H and O–H groups in total. The van der Waals surface area contributed by atoms with Gasteiger partial charge in [0.1, 0.15) is 0 Å². The van der Waals surface area contributed by atoms with Crippen molar-refractivity contribution in [2.45, 2.75) is 19.3 Å². The molecule has 0 aliphatic carbocycles. The summed E-state index contributed by atoms with van der Waals surface area (Å²) in [6, 6.07) is 15.4. The van der Waals surface area contributed by atoms with Crippen molar-refractivity contribution in [1.82, 2.24) is 0 Å². The molecule has 2 aromatic carbocycles. The van der Waals surface area contributed by atoms with Crippen LogP contribution in [0.3, 0.4) is 0 Å². The normalized spacial score (nSPS) is 10.5. The van der Waals surface area contributed by atoms with Crippen LogP contribution in [0.5, 0.6) is 0 Å². The van der Waals surface area contributed by atoms with E-state index in [1.807, 2.05) is 48.5 Å². The van der Waals surface area contributed by atoms with Crippen molar-refractivity contribution < 1.29 is 4.79 Å². The first-order valence-corrected chi connectivity index (χ1v) is 7.57. The SMILES string of the molecule is O=C(CCCCCl)c1ccc(-c2ccc(Cl)cc2)cc1. The third-order valence-corrected chi connectivity index (χ3v) is 3.69. The predicted octanol–water partition coefficient (Wildman–Crippen LogP) is 5.60. The molecule has 0 aliphatic rings. The topological polar surface area (TPSA) is 17.1 Å². The van der Waals surface area contributed by atoms with Crippen molar-refractivity contribution >= 4 is 29.0 Å². The molecule has 0 unspecified atom stereocenters. The fourth-order valence-corrected chi connectivity index (χ4v) is 2.33. The van der Waals surface area contributed by atoms with Crippen molar-refractivity contribution in [3.8, 4) is 11.1 Å². The van der Waals surface area contributed by atoms with Crippen molar-refractivity contribution in [2.24, 2.45) is 0 Å². The van der Waals surface area contributed by atoms with Crippen molar-refractivity contribution in [3.05, 3.63) is 59.1 Å². The summed E-state index contributed by atoms with van der Waals surface area (Å²) >= 11 is 11.5. The molecule has 0 atom stereocenters. The molecule has 2 aromatic rings. The third kappa shape index (κ3) is 4.09. The standard InChI is InChI=1S/C17H16Cl2O/c18-12-2-1-3-17(20)15-6-4-13(5-7-15)14-8-10-16(19)11-9-14/h4-11H,1-3,12H2. The zero-order chi connectivity index (χ0) is 14.4. The Morgan fingerprint density at radius 3 is 1.95 bits per heavy atom. The van der Waals surface area contributed by atoms with Gasteiger partial charge in [-0.15, -0.1) is 11.6 Å². The largest absolute Gasteiger partial charge is 0.294 e. The van der Waals surface area contributed by atoms with Crippen LogP contribution in [0.25, 0.3) is 11.1 Å². The second kappa shape index (κ2) is 7.47. The van der Waals surface area contributed by atoms with Gasteiger partial charge in [0.2, 0.25) is 0 Å². The Hall–Kier alpha value is -1.31. The van der Waals surface area contributed by atoms with Gasteiger partial charge in [-0.25, -0.2) is 0 Å². The molecule has 0 radical (unpaired) electrons. The number of ketones is 1. The van der Waals surface area contributed by atoms with Crippen LogP contribution in [0.15, 0.2) is 48.5 Å². The molecule has 20 heavy (non-hydrogen) atoms. The first kappa shape index (κ1) is 15.1. The molecule has 104 valence electrons. The van der Waals surface area contributed by atoms with Gasteiger partial charge in [0.15, 0.2) is 5.78 Å². The summed E-state index contributed by atoms with van der Waals surface area (Å²) in [5.41, 5.74) is 2.94.